The van der Waals surface area contributed by atoms with E-state index in [1.807, 2.05) is 0 Å². The summed E-state index contributed by atoms with van der Waals surface area (Å²) in [6.45, 7) is 9.34. The van der Waals surface area contributed by atoms with E-state index in [1.54, 1.807) is 0 Å². The van der Waals surface area contributed by atoms with E-state index in [1.165, 1.54) is 6.20 Å². The van der Waals surface area contributed by atoms with Gasteiger partial charge in [-0.2, -0.15) is 13.2 Å². The van der Waals surface area contributed by atoms with Gasteiger partial charge in [0.2, 0.25) is 0 Å². The zero-order valence-electron chi connectivity index (χ0n) is 12.6. The van der Waals surface area contributed by atoms with E-state index in [-0.39, 0.29) is 5.82 Å². The number of alkyl halides is 3. The van der Waals surface area contributed by atoms with Gasteiger partial charge in [-0.15, -0.1) is 0 Å². The highest BCUT2D eigenvalue weighted by Crippen LogP contribution is 2.35. The minimum absolute atomic E-state index is 0.127. The normalized spacial score (nSPS) is 12.5. The predicted molar refractivity (Wildman–Crippen MR) is 82.4 cm³/mol. The van der Waals surface area contributed by atoms with Gasteiger partial charge in [0.15, 0.2) is 0 Å². The number of hydrogen-bond donors (Lipinski definition) is 1. The molecule has 0 amide bonds. The summed E-state index contributed by atoms with van der Waals surface area (Å²) < 4.78 is 39.2. The Morgan fingerprint density at radius 2 is 1.81 bits per heavy atom. The molecule has 3 nitrogen and oxygen atoms in total. The molecule has 0 radical (unpaired) electrons. The van der Waals surface area contributed by atoms with Crippen molar-refractivity contribution in [2.24, 2.45) is 0 Å². The van der Waals surface area contributed by atoms with Gasteiger partial charge in [-0.25, -0.2) is 4.98 Å². The highest BCUT2D eigenvalue weighted by molar-refractivity contribution is 9.10. The van der Waals surface area contributed by atoms with Crippen LogP contribution >= 0.6 is 15.9 Å². The third-order valence-corrected chi connectivity index (χ3v) is 3.58. The molecule has 7 heteroatoms. The molecule has 1 N–H and O–H groups in total. The molecule has 0 unspecified atom stereocenters. The van der Waals surface area contributed by atoms with Crippen molar-refractivity contribution in [1.82, 2.24) is 9.88 Å². The fourth-order valence-corrected chi connectivity index (χ4v) is 2.54. The van der Waals surface area contributed by atoms with Crippen LogP contribution < -0.4 is 5.32 Å². The number of pyridine rings is 1. The van der Waals surface area contributed by atoms with Crippen LogP contribution in [0.3, 0.4) is 0 Å². The SMILES string of the molecule is CC(C)N(CCNc1ncc(Br)cc1C(F)(F)F)C(C)C. The van der Waals surface area contributed by atoms with E-state index in [2.05, 4.69) is 58.8 Å². The van der Waals surface area contributed by atoms with Crippen molar-refractivity contribution < 1.29 is 13.2 Å². The van der Waals surface area contributed by atoms with Crippen LogP contribution in [0.4, 0.5) is 19.0 Å². The lowest BCUT2D eigenvalue weighted by Gasteiger charge is -2.30. The van der Waals surface area contributed by atoms with Crippen molar-refractivity contribution in [3.63, 3.8) is 0 Å². The first-order valence-electron chi connectivity index (χ1n) is 6.85. The second-order valence-corrected chi connectivity index (χ2v) is 6.32. The Morgan fingerprint density at radius 3 is 2.29 bits per heavy atom. The summed E-state index contributed by atoms with van der Waals surface area (Å²) >= 11 is 3.02. The smallest absolute Gasteiger partial charge is 0.368 e. The Bertz CT molecular complexity index is 453. The Kier molecular flexibility index (Phi) is 6.46. The molecule has 1 rings (SSSR count). The molecule has 21 heavy (non-hydrogen) atoms. The predicted octanol–water partition coefficient (Wildman–Crippen LogP) is 4.39. The average molecular weight is 368 g/mol. The molecule has 0 atom stereocenters. The highest BCUT2D eigenvalue weighted by Gasteiger charge is 2.34. The largest absolute Gasteiger partial charge is 0.419 e. The zero-order chi connectivity index (χ0) is 16.2. The first-order chi connectivity index (χ1) is 9.62. The van der Waals surface area contributed by atoms with Crippen LogP contribution in [-0.4, -0.2) is 35.1 Å². The van der Waals surface area contributed by atoms with Crippen LogP contribution in [0.15, 0.2) is 16.7 Å². The molecule has 0 aliphatic rings. The fourth-order valence-electron chi connectivity index (χ4n) is 2.21. The summed E-state index contributed by atoms with van der Waals surface area (Å²) in [6.07, 6.45) is -3.06. The van der Waals surface area contributed by atoms with E-state index in [4.69, 9.17) is 0 Å². The van der Waals surface area contributed by atoms with Gasteiger partial charge in [-0.3, -0.25) is 4.90 Å². The maximum atomic E-state index is 13.0. The average Bonchev–Trinajstić information content (AvgIpc) is 2.33. The van der Waals surface area contributed by atoms with Gasteiger partial charge in [0, 0.05) is 35.8 Å². The molecule has 0 aromatic carbocycles. The minimum Gasteiger partial charge on any atom is -0.368 e. The van der Waals surface area contributed by atoms with E-state index < -0.39 is 11.7 Å². The standard InChI is InChI=1S/C14H21BrF3N3/c1-9(2)21(10(3)4)6-5-19-13-12(14(16,17)18)7-11(15)8-20-13/h7-10H,5-6H2,1-4H3,(H,19,20). The van der Waals surface area contributed by atoms with E-state index in [0.717, 1.165) is 6.07 Å². The van der Waals surface area contributed by atoms with Crippen LogP contribution in [0, 0.1) is 0 Å². The number of rotatable bonds is 6. The lowest BCUT2D eigenvalue weighted by atomic mass is 10.2. The summed E-state index contributed by atoms with van der Waals surface area (Å²) in [6, 6.07) is 1.72. The highest BCUT2D eigenvalue weighted by atomic mass is 79.9. The van der Waals surface area contributed by atoms with Gasteiger partial charge in [-0.05, 0) is 49.7 Å². The van der Waals surface area contributed by atoms with E-state index >= 15 is 0 Å². The molecule has 0 fully saturated rings. The van der Waals surface area contributed by atoms with Crippen molar-refractivity contribution >= 4 is 21.7 Å². The zero-order valence-corrected chi connectivity index (χ0v) is 14.2. The Balaban J connectivity index is 2.76. The number of hydrogen-bond acceptors (Lipinski definition) is 3. The third kappa shape index (κ3) is 5.47. The number of halogens is 4. The Morgan fingerprint density at radius 1 is 1.24 bits per heavy atom. The molecule has 120 valence electrons. The molecule has 1 heterocycles. The molecule has 1 aromatic heterocycles. The molecular weight excluding hydrogens is 347 g/mol. The molecular formula is C14H21BrF3N3. The van der Waals surface area contributed by atoms with Crippen molar-refractivity contribution in [2.75, 3.05) is 18.4 Å². The molecule has 1 aromatic rings. The van der Waals surface area contributed by atoms with Crippen molar-refractivity contribution in [3.8, 4) is 0 Å². The van der Waals surface area contributed by atoms with Crippen molar-refractivity contribution in [2.45, 2.75) is 46.0 Å². The number of aromatic nitrogens is 1. The summed E-state index contributed by atoms with van der Waals surface area (Å²) in [5, 5.41) is 2.79. The Hall–Kier alpha value is -0.820. The van der Waals surface area contributed by atoms with Crippen molar-refractivity contribution in [1.29, 1.82) is 0 Å². The first-order valence-corrected chi connectivity index (χ1v) is 7.64. The van der Waals surface area contributed by atoms with Crippen LogP contribution in [0.25, 0.3) is 0 Å². The lowest BCUT2D eigenvalue weighted by molar-refractivity contribution is -0.137. The van der Waals surface area contributed by atoms with Gasteiger partial charge in [-0.1, -0.05) is 0 Å². The molecule has 0 aliphatic heterocycles. The van der Waals surface area contributed by atoms with Crippen LogP contribution in [0.2, 0.25) is 0 Å². The molecule has 0 aliphatic carbocycles. The van der Waals surface area contributed by atoms with Crippen LogP contribution in [-0.2, 0) is 6.18 Å². The maximum absolute atomic E-state index is 13.0. The monoisotopic (exact) mass is 367 g/mol. The summed E-state index contributed by atoms with van der Waals surface area (Å²) in [4.78, 5) is 6.04. The van der Waals surface area contributed by atoms with Gasteiger partial charge >= 0.3 is 6.18 Å². The van der Waals surface area contributed by atoms with Gasteiger partial charge in [0.1, 0.15) is 5.82 Å². The number of anilines is 1. The topological polar surface area (TPSA) is 28.2 Å². The summed E-state index contributed by atoms with van der Waals surface area (Å²) in [5.41, 5.74) is -0.752. The molecule has 0 spiro atoms. The second-order valence-electron chi connectivity index (χ2n) is 5.40. The van der Waals surface area contributed by atoms with Gasteiger partial charge in [0.25, 0.3) is 0 Å². The molecule has 0 saturated heterocycles. The van der Waals surface area contributed by atoms with E-state index in [0.29, 0.717) is 29.6 Å². The van der Waals surface area contributed by atoms with Crippen LogP contribution in [0.5, 0.6) is 0 Å². The molecule has 0 saturated carbocycles. The molecule has 0 bridgehead atoms. The quantitative estimate of drug-likeness (QED) is 0.807. The number of nitrogens with one attached hydrogen (secondary N) is 1. The maximum Gasteiger partial charge on any atom is 0.419 e. The first kappa shape index (κ1) is 18.2. The lowest BCUT2D eigenvalue weighted by Crippen LogP contribution is -2.40. The Labute approximate surface area is 132 Å². The van der Waals surface area contributed by atoms with Gasteiger partial charge in [0.05, 0.1) is 5.56 Å². The second kappa shape index (κ2) is 7.45. The van der Waals surface area contributed by atoms with E-state index in [9.17, 15) is 13.2 Å². The van der Waals surface area contributed by atoms with Gasteiger partial charge < -0.3 is 5.32 Å². The van der Waals surface area contributed by atoms with Crippen LogP contribution in [0.1, 0.15) is 33.3 Å². The summed E-state index contributed by atoms with van der Waals surface area (Å²) in [5.74, 6) is -0.127. The number of nitrogens with zero attached hydrogens (tertiary/aromatic N) is 2. The third-order valence-electron chi connectivity index (χ3n) is 3.15. The fraction of sp³-hybridized carbons (Fsp3) is 0.643. The minimum atomic E-state index is -4.42. The van der Waals surface area contributed by atoms with Crippen molar-refractivity contribution in [3.05, 3.63) is 22.3 Å². The summed E-state index contributed by atoms with van der Waals surface area (Å²) in [7, 11) is 0.